The van der Waals surface area contributed by atoms with E-state index in [-0.39, 0.29) is 23.9 Å². The zero-order chi connectivity index (χ0) is 28.1. The molecule has 2 N–H and O–H groups in total. The van der Waals surface area contributed by atoms with Crippen molar-refractivity contribution in [1.82, 2.24) is 20.3 Å². The van der Waals surface area contributed by atoms with Gasteiger partial charge in [-0.2, -0.15) is 0 Å². The predicted molar refractivity (Wildman–Crippen MR) is 152 cm³/mol. The molecule has 0 aliphatic carbocycles. The number of nitrogens with zero attached hydrogens (tertiary/aromatic N) is 3. The van der Waals surface area contributed by atoms with Gasteiger partial charge in [0.25, 0.3) is 0 Å². The first kappa shape index (κ1) is 27.6. The Hall–Kier alpha value is -4.00. The molecule has 2 heterocycles. The molecule has 5 aromatic rings. The minimum Gasteiger partial charge on any atom is -0.486 e. The number of sulfone groups is 1. The van der Waals surface area contributed by atoms with Crippen molar-refractivity contribution in [3.05, 3.63) is 94.6 Å². The normalized spacial score (nSPS) is 11.6. The fourth-order valence-corrected chi connectivity index (χ4v) is 5.28. The Labute approximate surface area is 234 Å². The third-order valence-electron chi connectivity index (χ3n) is 5.96. The lowest BCUT2D eigenvalue weighted by Gasteiger charge is -2.12. The Morgan fingerprint density at radius 1 is 1.00 bits per heavy atom. The molecule has 8 nitrogen and oxygen atoms in total. The average molecular weight is 582 g/mol. The lowest BCUT2D eigenvalue weighted by molar-refractivity contribution is 0.290. The second kappa shape index (κ2) is 12.0. The number of fused-ring (bicyclic) bond motifs is 1. The number of benzene rings is 3. The number of ether oxygens (including phenoxy) is 1. The summed E-state index contributed by atoms with van der Waals surface area (Å²) in [7, 11) is -3.04. The van der Waals surface area contributed by atoms with Crippen molar-refractivity contribution in [2.24, 2.45) is 0 Å². The zero-order valence-corrected chi connectivity index (χ0v) is 23.0. The van der Waals surface area contributed by atoms with Crippen molar-refractivity contribution in [3.8, 4) is 17.0 Å². The van der Waals surface area contributed by atoms with Crippen molar-refractivity contribution >= 4 is 43.6 Å². The lowest BCUT2D eigenvalue weighted by atomic mass is 10.1. The van der Waals surface area contributed by atoms with Crippen LogP contribution in [0.15, 0.2) is 72.5 Å². The number of aromatic nitrogens is 3. The molecule has 12 heteroatoms. The van der Waals surface area contributed by atoms with Gasteiger partial charge < -0.3 is 15.4 Å². The van der Waals surface area contributed by atoms with Crippen molar-refractivity contribution in [1.29, 1.82) is 0 Å². The molecule has 5 rings (SSSR count). The molecular formula is C28H25F2N5O3S2. The van der Waals surface area contributed by atoms with E-state index in [0.29, 0.717) is 35.7 Å². The summed E-state index contributed by atoms with van der Waals surface area (Å²) in [5.74, 6) is -0.359. The summed E-state index contributed by atoms with van der Waals surface area (Å²) in [5.41, 5.74) is 5.12. The first-order valence-corrected chi connectivity index (χ1v) is 15.2. The summed E-state index contributed by atoms with van der Waals surface area (Å²) >= 11 is 1.48. The van der Waals surface area contributed by atoms with Crippen LogP contribution in [0.1, 0.15) is 10.4 Å². The molecule has 0 bridgehead atoms. The average Bonchev–Trinajstić information content (AvgIpc) is 3.39. The smallest absolute Gasteiger partial charge is 0.167 e. The Kier molecular flexibility index (Phi) is 8.29. The molecule has 0 saturated carbocycles. The second-order valence-electron chi connectivity index (χ2n) is 9.07. The standard InChI is InChI=1S/C28H25F2N5O3S2/c1-40(36,37)10-9-31-14-26-27(34-17-39-26)19-5-7-24-22(12-19)28(33-16-32-24)35-21-6-8-25(23(30)13-21)38-15-18-3-2-4-20(29)11-18/h2-8,11-13,16-17,31H,9-10,14-15H2,1H3,(H,32,33,35). The summed E-state index contributed by atoms with van der Waals surface area (Å²) in [5, 5.41) is 7.03. The molecule has 0 fully saturated rings. The van der Waals surface area contributed by atoms with Crippen LogP contribution in [0.2, 0.25) is 0 Å². The van der Waals surface area contributed by atoms with E-state index in [1.54, 1.807) is 23.7 Å². The zero-order valence-electron chi connectivity index (χ0n) is 21.4. The van der Waals surface area contributed by atoms with Crippen LogP contribution in [-0.2, 0) is 23.0 Å². The minimum absolute atomic E-state index is 0.0343. The van der Waals surface area contributed by atoms with E-state index in [9.17, 15) is 17.2 Å². The summed E-state index contributed by atoms with van der Waals surface area (Å²) < 4.78 is 56.5. The Balaban J connectivity index is 1.33. The highest BCUT2D eigenvalue weighted by molar-refractivity contribution is 7.90. The van der Waals surface area contributed by atoms with Crippen LogP contribution in [-0.4, -0.2) is 41.9 Å². The molecular weight excluding hydrogens is 556 g/mol. The predicted octanol–water partition coefficient (Wildman–Crippen LogP) is 5.49. The monoisotopic (exact) mass is 581 g/mol. The molecule has 2 aromatic heterocycles. The van der Waals surface area contributed by atoms with Gasteiger partial charge in [-0.3, -0.25) is 0 Å². The summed E-state index contributed by atoms with van der Waals surface area (Å²) in [6.45, 7) is 0.866. The summed E-state index contributed by atoms with van der Waals surface area (Å²) in [4.78, 5) is 14.2. The van der Waals surface area contributed by atoms with Crippen LogP contribution in [0, 0.1) is 11.6 Å². The maximum Gasteiger partial charge on any atom is 0.167 e. The fourth-order valence-electron chi connectivity index (χ4n) is 4.01. The number of thiazole rings is 1. The first-order valence-electron chi connectivity index (χ1n) is 12.2. The molecule has 40 heavy (non-hydrogen) atoms. The van der Waals surface area contributed by atoms with Crippen molar-refractivity contribution in [3.63, 3.8) is 0 Å². The van der Waals surface area contributed by atoms with Gasteiger partial charge in [0.05, 0.1) is 22.5 Å². The highest BCUT2D eigenvalue weighted by atomic mass is 32.2. The third kappa shape index (κ3) is 6.95. The van der Waals surface area contributed by atoms with Crippen molar-refractivity contribution in [2.45, 2.75) is 13.2 Å². The molecule has 0 atom stereocenters. The summed E-state index contributed by atoms with van der Waals surface area (Å²) in [6.07, 6.45) is 2.64. The van der Waals surface area contributed by atoms with E-state index < -0.39 is 15.7 Å². The van der Waals surface area contributed by atoms with Gasteiger partial charge in [0, 0.05) is 46.9 Å². The quantitative estimate of drug-likeness (QED) is 0.197. The maximum atomic E-state index is 14.8. The van der Waals surface area contributed by atoms with Crippen LogP contribution in [0.5, 0.6) is 5.75 Å². The first-order chi connectivity index (χ1) is 19.2. The van der Waals surface area contributed by atoms with E-state index in [2.05, 4.69) is 25.6 Å². The Morgan fingerprint density at radius 3 is 2.67 bits per heavy atom. The van der Waals surface area contributed by atoms with Crippen molar-refractivity contribution < 1.29 is 21.9 Å². The number of anilines is 2. The Bertz CT molecular complexity index is 1760. The van der Waals surface area contributed by atoms with Crippen LogP contribution < -0.4 is 15.4 Å². The van der Waals surface area contributed by atoms with Gasteiger partial charge in [-0.1, -0.05) is 18.2 Å². The van der Waals surface area contributed by atoms with Gasteiger partial charge in [0.2, 0.25) is 0 Å². The van der Waals surface area contributed by atoms with Gasteiger partial charge in [-0.25, -0.2) is 32.2 Å². The van der Waals surface area contributed by atoms with Crippen LogP contribution >= 0.6 is 11.3 Å². The van der Waals surface area contributed by atoms with E-state index in [0.717, 1.165) is 21.5 Å². The van der Waals surface area contributed by atoms with E-state index in [1.165, 1.54) is 48.2 Å². The van der Waals surface area contributed by atoms with Gasteiger partial charge in [0.15, 0.2) is 11.6 Å². The van der Waals surface area contributed by atoms with E-state index in [1.807, 2.05) is 18.2 Å². The second-order valence-corrected chi connectivity index (χ2v) is 12.3. The third-order valence-corrected chi connectivity index (χ3v) is 7.74. The molecule has 0 unspecified atom stereocenters. The van der Waals surface area contributed by atoms with Crippen LogP contribution in [0.4, 0.5) is 20.3 Å². The number of halogens is 2. The topological polar surface area (TPSA) is 106 Å². The Morgan fingerprint density at radius 2 is 1.88 bits per heavy atom. The van der Waals surface area contributed by atoms with Crippen LogP contribution in [0.3, 0.4) is 0 Å². The van der Waals surface area contributed by atoms with Gasteiger partial charge in [-0.15, -0.1) is 11.3 Å². The number of rotatable bonds is 11. The highest BCUT2D eigenvalue weighted by Crippen LogP contribution is 2.32. The van der Waals surface area contributed by atoms with Crippen LogP contribution in [0.25, 0.3) is 22.2 Å². The maximum absolute atomic E-state index is 14.8. The van der Waals surface area contributed by atoms with Gasteiger partial charge in [0.1, 0.15) is 34.4 Å². The number of nitrogens with one attached hydrogen (secondary N) is 2. The minimum atomic E-state index is -3.04. The largest absolute Gasteiger partial charge is 0.486 e. The molecule has 0 radical (unpaired) electrons. The lowest BCUT2D eigenvalue weighted by Crippen LogP contribution is -2.21. The molecule has 0 spiro atoms. The summed E-state index contributed by atoms with van der Waals surface area (Å²) in [6, 6.07) is 16.1. The number of hydrogen-bond acceptors (Lipinski definition) is 9. The van der Waals surface area contributed by atoms with E-state index in [4.69, 9.17) is 4.74 Å². The molecule has 0 aliphatic heterocycles. The van der Waals surface area contributed by atoms with Gasteiger partial charge >= 0.3 is 0 Å². The molecule has 0 saturated heterocycles. The molecule has 206 valence electrons. The number of hydrogen-bond donors (Lipinski definition) is 2. The van der Waals surface area contributed by atoms with Gasteiger partial charge in [-0.05, 0) is 42.0 Å². The fraction of sp³-hybridized carbons (Fsp3) is 0.179. The van der Waals surface area contributed by atoms with Crippen molar-refractivity contribution in [2.75, 3.05) is 23.9 Å². The molecule has 3 aromatic carbocycles. The molecule has 0 amide bonds. The SMILES string of the molecule is CS(=O)(=O)CCNCc1scnc1-c1ccc2ncnc(Nc3ccc(OCc4cccc(F)c4)c(F)c3)c2c1. The van der Waals surface area contributed by atoms with E-state index >= 15 is 0 Å². The highest BCUT2D eigenvalue weighted by Gasteiger charge is 2.13. The molecule has 0 aliphatic rings.